The summed E-state index contributed by atoms with van der Waals surface area (Å²) in [6.45, 7) is -1.40. The Balaban J connectivity index is 2.59. The first-order valence-electron chi connectivity index (χ1n) is 4.66. The lowest BCUT2D eigenvalue weighted by molar-refractivity contribution is -0.124. The SMILES string of the molecule is N=C(CNCC(F)(F)F)c1cnc(N)cc1N. The molecule has 0 aromatic carbocycles. The van der Waals surface area contributed by atoms with Gasteiger partial charge in [0.2, 0.25) is 0 Å². The molecule has 94 valence electrons. The zero-order valence-electron chi connectivity index (χ0n) is 8.80. The van der Waals surface area contributed by atoms with Crippen LogP contribution in [0.2, 0.25) is 0 Å². The maximum atomic E-state index is 11.9. The molecular weight excluding hydrogens is 235 g/mol. The molecule has 6 N–H and O–H groups in total. The minimum absolute atomic E-state index is 0.0701. The van der Waals surface area contributed by atoms with E-state index in [1.807, 2.05) is 0 Å². The number of anilines is 2. The summed E-state index contributed by atoms with van der Waals surface area (Å²) in [5.74, 6) is 0.197. The summed E-state index contributed by atoms with van der Waals surface area (Å²) in [4.78, 5) is 3.72. The van der Waals surface area contributed by atoms with Gasteiger partial charge in [0.1, 0.15) is 5.82 Å². The van der Waals surface area contributed by atoms with Crippen molar-refractivity contribution in [1.29, 1.82) is 5.41 Å². The third kappa shape index (κ3) is 4.27. The number of nitrogens with zero attached hydrogens (tertiary/aromatic N) is 1. The predicted molar refractivity (Wildman–Crippen MR) is 58.8 cm³/mol. The molecule has 0 aliphatic rings. The molecule has 1 rings (SSSR count). The van der Waals surface area contributed by atoms with Crippen molar-refractivity contribution in [2.24, 2.45) is 0 Å². The fourth-order valence-corrected chi connectivity index (χ4v) is 1.16. The van der Waals surface area contributed by atoms with Gasteiger partial charge in [0, 0.05) is 30.1 Å². The fraction of sp³-hybridized carbons (Fsp3) is 0.333. The Bertz CT molecular complexity index is 416. The molecule has 17 heavy (non-hydrogen) atoms. The number of halogens is 3. The van der Waals surface area contributed by atoms with Crippen molar-refractivity contribution in [1.82, 2.24) is 10.3 Å². The first kappa shape index (κ1) is 13.2. The average molecular weight is 247 g/mol. The summed E-state index contributed by atoms with van der Waals surface area (Å²) in [5.41, 5.74) is 11.3. The van der Waals surface area contributed by atoms with E-state index >= 15 is 0 Å². The van der Waals surface area contributed by atoms with Gasteiger partial charge >= 0.3 is 6.18 Å². The summed E-state index contributed by atoms with van der Waals surface area (Å²) < 4.78 is 35.6. The van der Waals surface area contributed by atoms with Gasteiger partial charge in [0.15, 0.2) is 0 Å². The zero-order valence-corrected chi connectivity index (χ0v) is 8.80. The largest absolute Gasteiger partial charge is 0.401 e. The number of pyridine rings is 1. The molecule has 0 amide bonds. The Hall–Kier alpha value is -1.83. The highest BCUT2D eigenvalue weighted by Gasteiger charge is 2.26. The standard InChI is InChI=1S/C9H12F3N5/c10-9(11,12)4-16-3-7(14)5-2-17-8(15)1-6(5)13/h1-2,14,16H,3-4H2,(H4,13,15,17). The Morgan fingerprint density at radius 2 is 2.06 bits per heavy atom. The van der Waals surface area contributed by atoms with E-state index in [2.05, 4.69) is 10.3 Å². The van der Waals surface area contributed by atoms with Gasteiger partial charge in [-0.05, 0) is 0 Å². The number of hydrogen-bond acceptors (Lipinski definition) is 5. The molecule has 1 aromatic rings. The number of alkyl halides is 3. The Kier molecular flexibility index (Phi) is 3.89. The van der Waals surface area contributed by atoms with E-state index in [0.29, 0.717) is 0 Å². The molecule has 8 heteroatoms. The first-order chi connectivity index (χ1) is 7.79. The molecule has 1 aromatic heterocycles. The molecule has 0 spiro atoms. The quantitative estimate of drug-likeness (QED) is 0.590. The van der Waals surface area contributed by atoms with Crippen LogP contribution in [-0.2, 0) is 0 Å². The van der Waals surface area contributed by atoms with Gasteiger partial charge in [0.25, 0.3) is 0 Å². The fourth-order valence-electron chi connectivity index (χ4n) is 1.16. The molecule has 0 bridgehead atoms. The minimum Gasteiger partial charge on any atom is -0.398 e. The van der Waals surface area contributed by atoms with Crippen LogP contribution in [0.4, 0.5) is 24.7 Å². The number of nitrogen functional groups attached to an aromatic ring is 2. The molecular formula is C9H12F3N5. The molecule has 0 saturated carbocycles. The normalized spacial score (nSPS) is 11.5. The molecule has 5 nitrogen and oxygen atoms in total. The van der Waals surface area contributed by atoms with Gasteiger partial charge in [-0.1, -0.05) is 0 Å². The van der Waals surface area contributed by atoms with Crippen LogP contribution in [0.5, 0.6) is 0 Å². The van der Waals surface area contributed by atoms with Gasteiger partial charge < -0.3 is 22.2 Å². The van der Waals surface area contributed by atoms with Gasteiger partial charge in [-0.3, -0.25) is 0 Å². The van der Waals surface area contributed by atoms with Crippen molar-refractivity contribution in [2.45, 2.75) is 6.18 Å². The van der Waals surface area contributed by atoms with Crippen LogP contribution >= 0.6 is 0 Å². The van der Waals surface area contributed by atoms with Crippen LogP contribution in [0, 0.1) is 5.41 Å². The molecule has 0 aliphatic carbocycles. The van der Waals surface area contributed by atoms with Crippen LogP contribution in [-0.4, -0.2) is 30.0 Å². The van der Waals surface area contributed by atoms with Crippen LogP contribution in [0.3, 0.4) is 0 Å². The third-order valence-electron chi connectivity index (χ3n) is 1.91. The Morgan fingerprint density at radius 3 is 2.59 bits per heavy atom. The lowest BCUT2D eigenvalue weighted by Gasteiger charge is -2.10. The van der Waals surface area contributed by atoms with Crippen molar-refractivity contribution >= 4 is 17.2 Å². The Labute approximate surface area is 95.5 Å². The second-order valence-electron chi connectivity index (χ2n) is 3.39. The van der Waals surface area contributed by atoms with E-state index in [4.69, 9.17) is 16.9 Å². The summed E-state index contributed by atoms with van der Waals surface area (Å²) in [5, 5.41) is 9.66. The Morgan fingerprint density at radius 1 is 1.41 bits per heavy atom. The van der Waals surface area contributed by atoms with Crippen molar-refractivity contribution in [3.63, 3.8) is 0 Å². The van der Waals surface area contributed by atoms with Crippen LogP contribution in [0.15, 0.2) is 12.3 Å². The number of aromatic nitrogens is 1. The van der Waals surface area contributed by atoms with Crippen LogP contribution in [0.25, 0.3) is 0 Å². The molecule has 0 radical (unpaired) electrons. The van der Waals surface area contributed by atoms with Crippen molar-refractivity contribution in [2.75, 3.05) is 24.6 Å². The summed E-state index contributed by atoms with van der Waals surface area (Å²) in [6, 6.07) is 1.35. The third-order valence-corrected chi connectivity index (χ3v) is 1.91. The monoisotopic (exact) mass is 247 g/mol. The maximum absolute atomic E-state index is 11.9. The van der Waals surface area contributed by atoms with E-state index in [9.17, 15) is 13.2 Å². The van der Waals surface area contributed by atoms with Crippen molar-refractivity contribution in [3.05, 3.63) is 17.8 Å². The molecule has 1 heterocycles. The lowest BCUT2D eigenvalue weighted by Crippen LogP contribution is -2.33. The zero-order chi connectivity index (χ0) is 13.1. The number of rotatable bonds is 4. The highest BCUT2D eigenvalue weighted by molar-refractivity contribution is 6.03. The number of nitrogens with one attached hydrogen (secondary N) is 2. The van der Waals surface area contributed by atoms with Gasteiger partial charge in [0.05, 0.1) is 12.3 Å². The lowest BCUT2D eigenvalue weighted by atomic mass is 10.1. The highest BCUT2D eigenvalue weighted by atomic mass is 19.4. The summed E-state index contributed by atoms with van der Waals surface area (Å²) >= 11 is 0. The van der Waals surface area contributed by atoms with E-state index < -0.39 is 12.7 Å². The van der Waals surface area contributed by atoms with Gasteiger partial charge in [-0.15, -0.1) is 0 Å². The van der Waals surface area contributed by atoms with Crippen LogP contribution < -0.4 is 16.8 Å². The predicted octanol–water partition coefficient (Wildman–Crippen LogP) is 0.766. The van der Waals surface area contributed by atoms with E-state index in [-0.39, 0.29) is 29.3 Å². The summed E-state index contributed by atoms with van der Waals surface area (Å²) in [7, 11) is 0. The summed E-state index contributed by atoms with van der Waals surface area (Å²) in [6.07, 6.45) is -3.03. The van der Waals surface area contributed by atoms with Gasteiger partial charge in [-0.25, -0.2) is 4.98 Å². The molecule has 0 fully saturated rings. The van der Waals surface area contributed by atoms with E-state index in [1.54, 1.807) is 0 Å². The maximum Gasteiger partial charge on any atom is 0.401 e. The molecule has 0 unspecified atom stereocenters. The second-order valence-corrected chi connectivity index (χ2v) is 3.39. The van der Waals surface area contributed by atoms with Crippen LogP contribution in [0.1, 0.15) is 5.56 Å². The highest BCUT2D eigenvalue weighted by Crippen LogP contribution is 2.14. The number of nitrogens with two attached hydrogens (primary N) is 2. The van der Waals surface area contributed by atoms with E-state index in [1.165, 1.54) is 12.3 Å². The number of hydrogen-bond donors (Lipinski definition) is 4. The molecule has 0 aliphatic heterocycles. The van der Waals surface area contributed by atoms with Gasteiger partial charge in [-0.2, -0.15) is 13.2 Å². The van der Waals surface area contributed by atoms with Crippen molar-refractivity contribution in [3.8, 4) is 0 Å². The minimum atomic E-state index is -4.30. The van der Waals surface area contributed by atoms with E-state index in [0.717, 1.165) is 0 Å². The smallest absolute Gasteiger partial charge is 0.398 e. The average Bonchev–Trinajstić information content (AvgIpc) is 2.15. The second kappa shape index (κ2) is 5.00. The molecule has 0 saturated heterocycles. The molecule has 0 atom stereocenters. The first-order valence-corrected chi connectivity index (χ1v) is 4.66. The van der Waals surface area contributed by atoms with Crippen molar-refractivity contribution < 1.29 is 13.2 Å². The topological polar surface area (TPSA) is 101 Å².